The van der Waals surface area contributed by atoms with E-state index in [9.17, 15) is 9.59 Å². The average Bonchev–Trinajstić information content (AvgIpc) is 2.97. The average molecular weight is 535 g/mol. The second kappa shape index (κ2) is 16.6. The maximum absolute atomic E-state index is 12.7. The van der Waals surface area contributed by atoms with Crippen LogP contribution in [0.4, 0.5) is 9.59 Å². The number of unbranched alkanes of at least 4 members (excludes halogenated alkanes) is 4. The van der Waals surface area contributed by atoms with Crippen LogP contribution >= 0.6 is 0 Å². The molecule has 3 rings (SSSR count). The van der Waals surface area contributed by atoms with E-state index in [1.54, 1.807) is 25.3 Å². The van der Waals surface area contributed by atoms with Crippen molar-refractivity contribution in [2.24, 2.45) is 0 Å². The fraction of sp³-hybridized carbons (Fsp3) is 0.355. The molecule has 0 saturated heterocycles. The zero-order valence-electron chi connectivity index (χ0n) is 22.7. The zero-order chi connectivity index (χ0) is 27.7. The molecule has 8 nitrogen and oxygen atoms in total. The second-order valence-corrected chi connectivity index (χ2v) is 9.02. The summed E-state index contributed by atoms with van der Waals surface area (Å²) in [5, 5.41) is 5.41. The Hall–Kier alpha value is -4.20. The lowest BCUT2D eigenvalue weighted by Crippen LogP contribution is -2.41. The van der Waals surface area contributed by atoms with Gasteiger partial charge in [0.25, 0.3) is 0 Å². The lowest BCUT2D eigenvalue weighted by Gasteiger charge is -2.21. The summed E-state index contributed by atoms with van der Waals surface area (Å²) in [5.41, 5.74) is 2.25. The summed E-state index contributed by atoms with van der Waals surface area (Å²) in [6.45, 7) is 2.95. The van der Waals surface area contributed by atoms with Gasteiger partial charge >= 0.3 is 12.2 Å². The summed E-state index contributed by atoms with van der Waals surface area (Å²) in [6.07, 6.45) is 3.35. The van der Waals surface area contributed by atoms with E-state index in [1.165, 1.54) is 19.3 Å². The van der Waals surface area contributed by atoms with Crippen molar-refractivity contribution in [3.05, 3.63) is 95.6 Å². The standard InChI is InChI=1S/C31H38N2O6/c1-3-4-5-6-13-20-37-27-19-18-26(21-28(27)36-2)29(32-30(34)38-22-24-14-9-7-10-15-24)33-31(35)39-23-25-16-11-8-12-17-25/h7-12,14-19,21,29H,3-6,13,20,22-23H2,1-2H3,(H,32,34)(H,33,35). The first-order valence-electron chi connectivity index (χ1n) is 13.3. The molecule has 0 aliphatic heterocycles. The Morgan fingerprint density at radius 2 is 1.28 bits per heavy atom. The van der Waals surface area contributed by atoms with E-state index in [1.807, 2.05) is 60.7 Å². The van der Waals surface area contributed by atoms with Gasteiger partial charge in [0.15, 0.2) is 11.5 Å². The number of amides is 2. The van der Waals surface area contributed by atoms with Crippen LogP contribution in [-0.4, -0.2) is 25.9 Å². The molecule has 0 bridgehead atoms. The molecule has 3 aromatic carbocycles. The number of rotatable bonds is 15. The Balaban J connectivity index is 1.66. The lowest BCUT2D eigenvalue weighted by molar-refractivity contribution is 0.122. The van der Waals surface area contributed by atoms with E-state index >= 15 is 0 Å². The summed E-state index contributed by atoms with van der Waals surface area (Å²) in [7, 11) is 1.55. The predicted molar refractivity (Wildman–Crippen MR) is 150 cm³/mol. The molecule has 0 spiro atoms. The number of nitrogens with one attached hydrogen (secondary N) is 2. The molecule has 208 valence electrons. The maximum atomic E-state index is 12.7. The van der Waals surface area contributed by atoms with Crippen LogP contribution in [0.15, 0.2) is 78.9 Å². The minimum atomic E-state index is -0.937. The zero-order valence-corrected chi connectivity index (χ0v) is 22.7. The third-order valence-electron chi connectivity index (χ3n) is 5.98. The minimum Gasteiger partial charge on any atom is -0.493 e. The van der Waals surface area contributed by atoms with E-state index < -0.39 is 18.4 Å². The van der Waals surface area contributed by atoms with Crippen molar-refractivity contribution in [2.45, 2.75) is 58.4 Å². The molecule has 0 unspecified atom stereocenters. The molecule has 0 aromatic heterocycles. The molecule has 0 atom stereocenters. The molecule has 0 fully saturated rings. The Kier molecular flexibility index (Phi) is 12.5. The Labute approximate surface area is 230 Å². The molecular weight excluding hydrogens is 496 g/mol. The first-order valence-corrected chi connectivity index (χ1v) is 13.3. The molecule has 0 aliphatic carbocycles. The predicted octanol–water partition coefficient (Wildman–Crippen LogP) is 6.90. The van der Waals surface area contributed by atoms with Crippen LogP contribution in [0.1, 0.15) is 61.9 Å². The first kappa shape index (κ1) is 29.4. The van der Waals surface area contributed by atoms with Gasteiger partial charge in [0.05, 0.1) is 13.7 Å². The van der Waals surface area contributed by atoms with Gasteiger partial charge in [-0.3, -0.25) is 10.6 Å². The molecule has 0 heterocycles. The van der Waals surface area contributed by atoms with E-state index in [-0.39, 0.29) is 13.2 Å². The highest BCUT2D eigenvalue weighted by molar-refractivity contribution is 5.71. The van der Waals surface area contributed by atoms with E-state index in [0.29, 0.717) is 23.7 Å². The number of alkyl carbamates (subject to hydrolysis) is 2. The highest BCUT2D eigenvalue weighted by Gasteiger charge is 2.21. The number of ether oxygens (including phenoxy) is 4. The van der Waals surface area contributed by atoms with E-state index in [2.05, 4.69) is 17.6 Å². The van der Waals surface area contributed by atoms with Crippen LogP contribution in [0.25, 0.3) is 0 Å². The normalized spacial score (nSPS) is 10.5. The van der Waals surface area contributed by atoms with Gasteiger partial charge in [-0.2, -0.15) is 0 Å². The van der Waals surface area contributed by atoms with Gasteiger partial charge in [-0.1, -0.05) is 99.3 Å². The summed E-state index contributed by atoms with van der Waals surface area (Å²) >= 11 is 0. The van der Waals surface area contributed by atoms with Crippen molar-refractivity contribution < 1.29 is 28.5 Å². The van der Waals surface area contributed by atoms with Crippen LogP contribution in [0, 0.1) is 0 Å². The van der Waals surface area contributed by atoms with Gasteiger partial charge in [0.2, 0.25) is 0 Å². The largest absolute Gasteiger partial charge is 0.493 e. The summed E-state index contributed by atoms with van der Waals surface area (Å²) in [4.78, 5) is 25.3. The SMILES string of the molecule is CCCCCCCOc1ccc(C(NC(=O)OCc2ccccc2)NC(=O)OCc2ccccc2)cc1OC. The first-order chi connectivity index (χ1) is 19.1. The Morgan fingerprint density at radius 1 is 0.718 bits per heavy atom. The van der Waals surface area contributed by atoms with Gasteiger partial charge in [-0.05, 0) is 35.2 Å². The molecule has 2 N–H and O–H groups in total. The van der Waals surface area contributed by atoms with Gasteiger partial charge in [-0.15, -0.1) is 0 Å². The van der Waals surface area contributed by atoms with Crippen molar-refractivity contribution in [3.8, 4) is 11.5 Å². The fourth-order valence-electron chi connectivity index (χ4n) is 3.84. The van der Waals surface area contributed by atoms with Crippen LogP contribution in [0.3, 0.4) is 0 Å². The summed E-state index contributed by atoms with van der Waals surface area (Å²) in [6, 6.07) is 23.9. The third-order valence-corrected chi connectivity index (χ3v) is 5.98. The summed E-state index contributed by atoms with van der Waals surface area (Å²) < 4.78 is 22.2. The molecule has 3 aromatic rings. The number of methoxy groups -OCH3 is 1. The minimum absolute atomic E-state index is 0.0895. The molecule has 0 saturated carbocycles. The molecule has 0 aliphatic rings. The Bertz CT molecular complexity index is 1080. The highest BCUT2D eigenvalue weighted by atomic mass is 16.6. The number of carbonyl (C=O) groups is 2. The second-order valence-electron chi connectivity index (χ2n) is 9.02. The van der Waals surface area contributed by atoms with Crippen molar-refractivity contribution in [2.75, 3.05) is 13.7 Å². The van der Waals surface area contributed by atoms with Crippen molar-refractivity contribution in [1.29, 1.82) is 0 Å². The quantitative estimate of drug-likeness (QED) is 0.163. The number of benzene rings is 3. The van der Waals surface area contributed by atoms with E-state index in [4.69, 9.17) is 18.9 Å². The molecule has 2 amide bonds. The molecule has 39 heavy (non-hydrogen) atoms. The topological polar surface area (TPSA) is 95.1 Å². The molecular formula is C31H38N2O6. The molecule has 8 heteroatoms. The van der Waals surface area contributed by atoms with Crippen molar-refractivity contribution in [3.63, 3.8) is 0 Å². The molecule has 0 radical (unpaired) electrons. The highest BCUT2D eigenvalue weighted by Crippen LogP contribution is 2.30. The number of hydrogen-bond acceptors (Lipinski definition) is 6. The van der Waals surface area contributed by atoms with Crippen LogP contribution in [0.5, 0.6) is 11.5 Å². The number of carbonyl (C=O) groups excluding carboxylic acids is 2. The number of hydrogen-bond donors (Lipinski definition) is 2. The maximum Gasteiger partial charge on any atom is 0.409 e. The van der Waals surface area contributed by atoms with Gasteiger partial charge in [-0.25, -0.2) is 9.59 Å². The fourth-order valence-corrected chi connectivity index (χ4v) is 3.84. The van der Waals surface area contributed by atoms with Gasteiger partial charge in [0, 0.05) is 0 Å². The Morgan fingerprint density at radius 3 is 1.82 bits per heavy atom. The van der Waals surface area contributed by atoms with Gasteiger partial charge in [0.1, 0.15) is 19.4 Å². The third kappa shape index (κ3) is 10.6. The summed E-state index contributed by atoms with van der Waals surface area (Å²) in [5.74, 6) is 1.08. The van der Waals surface area contributed by atoms with Gasteiger partial charge < -0.3 is 18.9 Å². The van der Waals surface area contributed by atoms with Crippen molar-refractivity contribution >= 4 is 12.2 Å². The smallest absolute Gasteiger partial charge is 0.409 e. The van der Waals surface area contributed by atoms with Crippen LogP contribution in [0.2, 0.25) is 0 Å². The van der Waals surface area contributed by atoms with Crippen LogP contribution in [-0.2, 0) is 22.7 Å². The monoisotopic (exact) mass is 534 g/mol. The van der Waals surface area contributed by atoms with E-state index in [0.717, 1.165) is 24.0 Å². The van der Waals surface area contributed by atoms with Crippen LogP contribution < -0.4 is 20.1 Å². The lowest BCUT2D eigenvalue weighted by atomic mass is 10.1. The van der Waals surface area contributed by atoms with Crippen molar-refractivity contribution in [1.82, 2.24) is 10.6 Å².